The number of aromatic carboxylic acids is 1. The number of carboxylic acids is 1. The second-order valence-corrected chi connectivity index (χ2v) is 5.91. The molecule has 106 valence electrons. The Morgan fingerprint density at radius 3 is 2.80 bits per heavy atom. The number of hydrogen-bond acceptors (Lipinski definition) is 4. The lowest BCUT2D eigenvalue weighted by molar-refractivity contribution is 0.0697. The standard InChI is InChI=1S/C11H10ClN3O4S/c1-6-9(11(16)17)7(5-14-6)15-20(18,19)8-3-2-4-13-10(8)12/h2-5,14-15H,1H3,(H,16,17). The number of aryl methyl sites for hydroxylation is 1. The molecule has 20 heavy (non-hydrogen) atoms. The average molecular weight is 316 g/mol. The molecule has 0 saturated heterocycles. The summed E-state index contributed by atoms with van der Waals surface area (Å²) in [6.45, 7) is 1.53. The molecule has 0 spiro atoms. The van der Waals surface area contributed by atoms with E-state index in [9.17, 15) is 13.2 Å². The SMILES string of the molecule is Cc1[nH]cc(NS(=O)(=O)c2cccnc2Cl)c1C(=O)O. The average Bonchev–Trinajstić information content (AvgIpc) is 2.70. The van der Waals surface area contributed by atoms with Crippen LogP contribution in [0.2, 0.25) is 5.15 Å². The molecule has 0 bridgehead atoms. The number of sulfonamides is 1. The first kappa shape index (κ1) is 14.4. The van der Waals surface area contributed by atoms with Crippen molar-refractivity contribution in [2.75, 3.05) is 4.72 Å². The lowest BCUT2D eigenvalue weighted by Crippen LogP contribution is -2.15. The van der Waals surface area contributed by atoms with Crippen molar-refractivity contribution in [1.82, 2.24) is 9.97 Å². The molecule has 0 aliphatic carbocycles. The minimum Gasteiger partial charge on any atom is -0.478 e. The van der Waals surface area contributed by atoms with Gasteiger partial charge in [0.05, 0.1) is 5.69 Å². The highest BCUT2D eigenvalue weighted by Gasteiger charge is 2.23. The van der Waals surface area contributed by atoms with Gasteiger partial charge in [-0.25, -0.2) is 18.2 Å². The van der Waals surface area contributed by atoms with Gasteiger partial charge < -0.3 is 10.1 Å². The van der Waals surface area contributed by atoms with Crippen molar-refractivity contribution < 1.29 is 18.3 Å². The van der Waals surface area contributed by atoms with Gasteiger partial charge in [0.1, 0.15) is 15.6 Å². The van der Waals surface area contributed by atoms with Crippen LogP contribution in [0.25, 0.3) is 0 Å². The summed E-state index contributed by atoms with van der Waals surface area (Å²) in [7, 11) is -4.01. The molecule has 0 amide bonds. The summed E-state index contributed by atoms with van der Waals surface area (Å²) >= 11 is 5.73. The first-order valence-electron chi connectivity index (χ1n) is 5.37. The van der Waals surface area contributed by atoms with Crippen molar-refractivity contribution >= 4 is 33.3 Å². The predicted molar refractivity (Wildman–Crippen MR) is 72.5 cm³/mol. The number of hydrogen-bond donors (Lipinski definition) is 3. The normalized spacial score (nSPS) is 11.3. The van der Waals surface area contributed by atoms with Crippen molar-refractivity contribution in [3.63, 3.8) is 0 Å². The van der Waals surface area contributed by atoms with E-state index < -0.39 is 16.0 Å². The Hall–Kier alpha value is -2.06. The molecule has 2 heterocycles. The summed E-state index contributed by atoms with van der Waals surface area (Å²) < 4.78 is 26.5. The van der Waals surface area contributed by atoms with Crippen LogP contribution in [0, 0.1) is 6.92 Å². The lowest BCUT2D eigenvalue weighted by atomic mass is 10.2. The summed E-state index contributed by atoms with van der Waals surface area (Å²) in [6.07, 6.45) is 2.62. The largest absolute Gasteiger partial charge is 0.478 e. The van der Waals surface area contributed by atoms with E-state index in [1.54, 1.807) is 0 Å². The van der Waals surface area contributed by atoms with Crippen LogP contribution < -0.4 is 4.72 Å². The van der Waals surface area contributed by atoms with Crippen molar-refractivity contribution in [2.24, 2.45) is 0 Å². The number of nitrogens with zero attached hydrogens (tertiary/aromatic N) is 1. The van der Waals surface area contributed by atoms with Crippen LogP contribution in [0.5, 0.6) is 0 Å². The lowest BCUT2D eigenvalue weighted by Gasteiger charge is -2.08. The van der Waals surface area contributed by atoms with Crippen molar-refractivity contribution in [1.29, 1.82) is 0 Å². The smallest absolute Gasteiger partial charge is 0.339 e. The molecule has 2 aromatic rings. The van der Waals surface area contributed by atoms with Gasteiger partial charge in [-0.15, -0.1) is 0 Å². The van der Waals surface area contributed by atoms with Crippen molar-refractivity contribution in [3.05, 3.63) is 40.9 Å². The fraction of sp³-hybridized carbons (Fsp3) is 0.0909. The third kappa shape index (κ3) is 2.61. The zero-order valence-corrected chi connectivity index (χ0v) is 11.8. The molecule has 3 N–H and O–H groups in total. The van der Waals surface area contributed by atoms with Gasteiger partial charge in [0.15, 0.2) is 0 Å². The first-order chi connectivity index (χ1) is 9.33. The Morgan fingerprint density at radius 2 is 2.20 bits per heavy atom. The summed E-state index contributed by atoms with van der Waals surface area (Å²) in [5, 5.41) is 8.87. The predicted octanol–water partition coefficient (Wildman–Crippen LogP) is 1.87. The van der Waals surface area contributed by atoms with Crippen LogP contribution in [0.3, 0.4) is 0 Å². The monoisotopic (exact) mass is 315 g/mol. The maximum atomic E-state index is 12.2. The fourth-order valence-corrected chi connectivity index (χ4v) is 3.17. The summed E-state index contributed by atoms with van der Waals surface area (Å²) in [6, 6.07) is 2.69. The zero-order chi connectivity index (χ0) is 14.9. The van der Waals surface area contributed by atoms with Crippen LogP contribution in [0.15, 0.2) is 29.4 Å². The number of carbonyl (C=O) groups is 1. The quantitative estimate of drug-likeness (QED) is 0.746. The highest BCUT2D eigenvalue weighted by Crippen LogP contribution is 2.25. The van der Waals surface area contributed by atoms with Crippen LogP contribution in [0.4, 0.5) is 5.69 Å². The number of nitrogens with one attached hydrogen (secondary N) is 2. The molecule has 9 heteroatoms. The van der Waals surface area contributed by atoms with E-state index in [0.29, 0.717) is 5.69 Å². The fourth-order valence-electron chi connectivity index (χ4n) is 1.65. The highest BCUT2D eigenvalue weighted by atomic mass is 35.5. The van der Waals surface area contributed by atoms with Crippen molar-refractivity contribution in [2.45, 2.75) is 11.8 Å². The van der Waals surface area contributed by atoms with Crippen LogP contribution in [-0.2, 0) is 10.0 Å². The van der Waals surface area contributed by atoms with Crippen LogP contribution in [-0.4, -0.2) is 29.5 Å². The first-order valence-corrected chi connectivity index (χ1v) is 7.23. The summed E-state index contributed by atoms with van der Waals surface area (Å²) in [5.74, 6) is -1.24. The van der Waals surface area contributed by atoms with E-state index >= 15 is 0 Å². The Bertz CT molecular complexity index is 770. The molecule has 0 aromatic carbocycles. The second kappa shape index (κ2) is 5.14. The highest BCUT2D eigenvalue weighted by molar-refractivity contribution is 7.92. The molecule has 7 nitrogen and oxygen atoms in total. The summed E-state index contributed by atoms with van der Waals surface area (Å²) in [4.78, 5) is 17.2. The minimum atomic E-state index is -4.01. The maximum absolute atomic E-state index is 12.2. The van der Waals surface area contributed by atoms with E-state index in [1.807, 2.05) is 0 Å². The third-order valence-electron chi connectivity index (χ3n) is 2.55. The van der Waals surface area contributed by atoms with Crippen molar-refractivity contribution in [3.8, 4) is 0 Å². The van der Waals surface area contributed by atoms with Gasteiger partial charge in [0.2, 0.25) is 0 Å². The van der Waals surface area contributed by atoms with Gasteiger partial charge in [-0.1, -0.05) is 11.6 Å². The van der Waals surface area contributed by atoms with Gasteiger partial charge in [0.25, 0.3) is 10.0 Å². The van der Waals surface area contributed by atoms with E-state index in [2.05, 4.69) is 14.7 Å². The van der Waals surface area contributed by atoms with Gasteiger partial charge in [-0.05, 0) is 19.1 Å². The Kier molecular flexibility index (Phi) is 3.69. The number of pyridine rings is 1. The van der Waals surface area contributed by atoms with Crippen LogP contribution in [0.1, 0.15) is 16.1 Å². The van der Waals surface area contributed by atoms with Gasteiger partial charge in [-0.2, -0.15) is 0 Å². The second-order valence-electron chi connectivity index (χ2n) is 3.91. The topological polar surface area (TPSA) is 112 Å². The molecular weight excluding hydrogens is 306 g/mol. The van der Waals surface area contributed by atoms with E-state index in [4.69, 9.17) is 16.7 Å². The van der Waals surface area contributed by atoms with E-state index in [1.165, 1.54) is 31.5 Å². The molecular formula is C11H10ClN3O4S. The molecule has 0 unspecified atom stereocenters. The molecule has 2 rings (SSSR count). The van der Waals surface area contributed by atoms with Gasteiger partial charge in [0, 0.05) is 18.1 Å². The zero-order valence-electron chi connectivity index (χ0n) is 10.2. The maximum Gasteiger partial charge on any atom is 0.339 e. The minimum absolute atomic E-state index is 0.0603. The number of halogens is 1. The molecule has 2 aromatic heterocycles. The number of rotatable bonds is 4. The van der Waals surface area contributed by atoms with Gasteiger partial charge in [-0.3, -0.25) is 4.72 Å². The third-order valence-corrected chi connectivity index (χ3v) is 4.36. The summed E-state index contributed by atoms with van der Waals surface area (Å²) in [5.41, 5.74) is 0.135. The number of H-pyrrole nitrogens is 1. The molecule has 0 aliphatic heterocycles. The number of anilines is 1. The Balaban J connectivity index is 2.45. The Morgan fingerprint density at radius 1 is 1.50 bits per heavy atom. The molecule has 0 aliphatic rings. The van der Waals surface area contributed by atoms with Crippen LogP contribution >= 0.6 is 11.6 Å². The number of carboxylic acid groups (broad SMARTS) is 1. The Labute approximate surface area is 119 Å². The molecule has 0 atom stereocenters. The number of aromatic amines is 1. The van der Waals surface area contributed by atoms with Gasteiger partial charge >= 0.3 is 5.97 Å². The van der Waals surface area contributed by atoms with E-state index in [-0.39, 0.29) is 21.3 Å². The molecule has 0 saturated carbocycles. The number of aromatic nitrogens is 2. The van der Waals surface area contributed by atoms with E-state index in [0.717, 1.165) is 0 Å². The molecule has 0 fully saturated rings. The molecule has 0 radical (unpaired) electrons.